The van der Waals surface area contributed by atoms with E-state index in [1.807, 2.05) is 0 Å². The number of likely N-dealkylation sites (tertiary alicyclic amines) is 1. The lowest BCUT2D eigenvalue weighted by molar-refractivity contribution is -0.147. The Morgan fingerprint density at radius 2 is 2.04 bits per heavy atom. The Hall–Kier alpha value is -2.45. The fraction of sp³-hybridized carbons (Fsp3) is 0.526. The molecule has 1 atom stereocenters. The van der Waals surface area contributed by atoms with Crippen LogP contribution in [-0.4, -0.2) is 69.2 Å². The lowest BCUT2D eigenvalue weighted by atomic mass is 10.0. The number of hydrogen-bond donors (Lipinski definition) is 2. The maximum Gasteiger partial charge on any atom is 0.328 e. The third kappa shape index (κ3) is 6.04. The average molecular weight is 377 g/mol. The first-order valence-electron chi connectivity index (χ1n) is 9.05. The second-order valence-corrected chi connectivity index (χ2v) is 6.33. The molecule has 2 N–H and O–H groups in total. The quantitative estimate of drug-likeness (QED) is 0.519. The number of anilines is 1. The molecule has 1 heterocycles. The number of methoxy groups -OCH3 is 2. The highest BCUT2D eigenvalue weighted by atomic mass is 16.5. The summed E-state index contributed by atoms with van der Waals surface area (Å²) in [5.74, 6) is -0.838. The van der Waals surface area contributed by atoms with Crippen LogP contribution in [0.2, 0.25) is 0 Å². The van der Waals surface area contributed by atoms with E-state index in [0.717, 1.165) is 12.8 Å². The van der Waals surface area contributed by atoms with Crippen LogP contribution in [-0.2, 0) is 19.1 Å². The third-order valence-electron chi connectivity index (χ3n) is 4.40. The van der Waals surface area contributed by atoms with Gasteiger partial charge in [0.2, 0.25) is 5.91 Å². The number of hydrogen-bond acceptors (Lipinski definition) is 6. The maximum atomic E-state index is 12.9. The lowest BCUT2D eigenvalue weighted by Gasteiger charge is -2.33. The number of ether oxygens (including phenoxy) is 2. The number of nitrogens with zero attached hydrogens (tertiary/aromatic N) is 1. The number of carbonyl (C=O) groups is 3. The molecule has 0 bridgehead atoms. The van der Waals surface area contributed by atoms with Crippen LogP contribution in [0.15, 0.2) is 24.3 Å². The predicted octanol–water partition coefficient (Wildman–Crippen LogP) is 1.03. The van der Waals surface area contributed by atoms with Crippen LogP contribution < -0.4 is 10.6 Å². The topological polar surface area (TPSA) is 97.0 Å². The highest BCUT2D eigenvalue weighted by molar-refractivity contribution is 5.99. The van der Waals surface area contributed by atoms with Crippen LogP contribution in [0.4, 0.5) is 5.69 Å². The van der Waals surface area contributed by atoms with Crippen LogP contribution in [0.5, 0.6) is 0 Å². The van der Waals surface area contributed by atoms with E-state index in [1.165, 1.54) is 7.11 Å². The van der Waals surface area contributed by atoms with Crippen molar-refractivity contribution in [2.24, 2.45) is 0 Å². The molecule has 0 aliphatic carbocycles. The molecular weight excluding hydrogens is 350 g/mol. The van der Waals surface area contributed by atoms with Crippen molar-refractivity contribution in [2.45, 2.75) is 25.3 Å². The number of benzene rings is 1. The van der Waals surface area contributed by atoms with Gasteiger partial charge < -0.3 is 25.0 Å². The smallest absolute Gasteiger partial charge is 0.328 e. The Bertz CT molecular complexity index is 665. The fourth-order valence-electron chi connectivity index (χ4n) is 3.03. The van der Waals surface area contributed by atoms with E-state index in [-0.39, 0.29) is 18.4 Å². The normalized spacial score (nSPS) is 16.7. The molecule has 1 aromatic rings. The molecule has 8 nitrogen and oxygen atoms in total. The molecule has 1 aliphatic rings. The molecule has 2 rings (SSSR count). The van der Waals surface area contributed by atoms with Gasteiger partial charge in [-0.2, -0.15) is 0 Å². The van der Waals surface area contributed by atoms with E-state index < -0.39 is 12.0 Å². The number of carbonyl (C=O) groups excluding carboxylic acids is 3. The maximum absolute atomic E-state index is 12.9. The van der Waals surface area contributed by atoms with Gasteiger partial charge in [0.25, 0.3) is 5.91 Å². The van der Waals surface area contributed by atoms with Crippen LogP contribution in [0, 0.1) is 0 Å². The first-order valence-corrected chi connectivity index (χ1v) is 9.05. The lowest BCUT2D eigenvalue weighted by Crippen LogP contribution is -2.48. The van der Waals surface area contributed by atoms with Crippen LogP contribution in [0.25, 0.3) is 0 Å². The first-order chi connectivity index (χ1) is 13.1. The summed E-state index contributed by atoms with van der Waals surface area (Å²) in [6.07, 6.45) is 2.33. The first kappa shape index (κ1) is 20.9. The average Bonchev–Trinajstić information content (AvgIpc) is 2.70. The van der Waals surface area contributed by atoms with Crippen molar-refractivity contribution in [3.8, 4) is 0 Å². The van der Waals surface area contributed by atoms with E-state index in [2.05, 4.69) is 10.6 Å². The Morgan fingerprint density at radius 3 is 2.78 bits per heavy atom. The minimum Gasteiger partial charge on any atom is -0.467 e. The molecule has 0 radical (unpaired) electrons. The summed E-state index contributed by atoms with van der Waals surface area (Å²) >= 11 is 0. The van der Waals surface area contributed by atoms with Gasteiger partial charge in [-0.1, -0.05) is 6.07 Å². The second kappa shape index (κ2) is 10.6. The summed E-state index contributed by atoms with van der Waals surface area (Å²) in [6.45, 7) is 1.76. The van der Waals surface area contributed by atoms with Crippen LogP contribution in [0.3, 0.4) is 0 Å². The molecule has 1 unspecified atom stereocenters. The Balaban J connectivity index is 2.01. The third-order valence-corrected chi connectivity index (χ3v) is 4.40. The molecule has 148 valence electrons. The van der Waals surface area contributed by atoms with Gasteiger partial charge >= 0.3 is 5.97 Å². The molecule has 1 aromatic carbocycles. The van der Waals surface area contributed by atoms with Gasteiger partial charge in [-0.3, -0.25) is 9.59 Å². The van der Waals surface area contributed by atoms with E-state index in [1.54, 1.807) is 36.3 Å². The molecule has 0 aromatic heterocycles. The van der Waals surface area contributed by atoms with Crippen molar-refractivity contribution in [3.05, 3.63) is 29.8 Å². The summed E-state index contributed by atoms with van der Waals surface area (Å²) in [7, 11) is 2.92. The number of rotatable bonds is 8. The monoisotopic (exact) mass is 377 g/mol. The number of nitrogens with one attached hydrogen (secondary N) is 2. The minimum atomic E-state index is -0.556. The van der Waals surface area contributed by atoms with Crippen molar-refractivity contribution >= 4 is 23.5 Å². The summed E-state index contributed by atoms with van der Waals surface area (Å²) in [4.78, 5) is 38.4. The van der Waals surface area contributed by atoms with Crippen molar-refractivity contribution in [1.29, 1.82) is 0 Å². The van der Waals surface area contributed by atoms with Gasteiger partial charge in [-0.05, 0) is 37.5 Å². The molecule has 0 spiro atoms. The SMILES string of the molecule is COCCNCC(=O)Nc1cccc(C(=O)N2CCCCC2C(=O)OC)c1. The van der Waals surface area contributed by atoms with Crippen LogP contribution in [0.1, 0.15) is 29.6 Å². The van der Waals surface area contributed by atoms with Crippen molar-refractivity contribution < 1.29 is 23.9 Å². The standard InChI is InChI=1S/C19H27N3O5/c1-26-11-9-20-13-17(23)21-15-7-5-6-14(12-15)18(24)22-10-4-3-8-16(22)19(25)27-2/h5-7,12,16,20H,3-4,8-11,13H2,1-2H3,(H,21,23). The molecule has 2 amide bonds. The van der Waals surface area contributed by atoms with Crippen molar-refractivity contribution in [3.63, 3.8) is 0 Å². The zero-order valence-electron chi connectivity index (χ0n) is 15.8. The highest BCUT2D eigenvalue weighted by Crippen LogP contribution is 2.22. The van der Waals surface area contributed by atoms with Gasteiger partial charge in [0.05, 0.1) is 20.3 Å². The molecule has 8 heteroatoms. The van der Waals surface area contributed by atoms with Crippen LogP contribution >= 0.6 is 0 Å². The van der Waals surface area contributed by atoms with E-state index in [0.29, 0.717) is 37.4 Å². The summed E-state index contributed by atoms with van der Waals surface area (Å²) in [5.41, 5.74) is 0.960. The highest BCUT2D eigenvalue weighted by Gasteiger charge is 2.33. The summed E-state index contributed by atoms with van der Waals surface area (Å²) in [6, 6.07) is 6.17. The Kier molecular flexibility index (Phi) is 8.22. The van der Waals surface area contributed by atoms with Crippen molar-refractivity contribution in [2.75, 3.05) is 45.8 Å². The zero-order valence-corrected chi connectivity index (χ0v) is 15.8. The molecule has 27 heavy (non-hydrogen) atoms. The largest absolute Gasteiger partial charge is 0.467 e. The Morgan fingerprint density at radius 1 is 1.22 bits per heavy atom. The van der Waals surface area contributed by atoms with Gasteiger partial charge in [0, 0.05) is 31.5 Å². The number of piperidine rings is 1. The minimum absolute atomic E-state index is 0.151. The second-order valence-electron chi connectivity index (χ2n) is 6.33. The van der Waals surface area contributed by atoms with E-state index in [9.17, 15) is 14.4 Å². The van der Waals surface area contributed by atoms with Gasteiger partial charge in [0.1, 0.15) is 6.04 Å². The molecule has 0 saturated carbocycles. The van der Waals surface area contributed by atoms with E-state index in [4.69, 9.17) is 9.47 Å². The summed E-state index contributed by atoms with van der Waals surface area (Å²) in [5, 5.41) is 5.71. The molecule has 1 aliphatic heterocycles. The van der Waals surface area contributed by atoms with Gasteiger partial charge in [0.15, 0.2) is 0 Å². The molecule has 1 fully saturated rings. The van der Waals surface area contributed by atoms with Gasteiger partial charge in [-0.25, -0.2) is 4.79 Å². The number of esters is 1. The zero-order chi connectivity index (χ0) is 19.6. The summed E-state index contributed by atoms with van der Waals surface area (Å²) < 4.78 is 9.74. The van der Waals surface area contributed by atoms with E-state index >= 15 is 0 Å². The number of amides is 2. The fourth-order valence-corrected chi connectivity index (χ4v) is 3.03. The predicted molar refractivity (Wildman–Crippen MR) is 101 cm³/mol. The molecular formula is C19H27N3O5. The molecule has 1 saturated heterocycles. The van der Waals surface area contributed by atoms with Crippen molar-refractivity contribution in [1.82, 2.24) is 10.2 Å². The van der Waals surface area contributed by atoms with Gasteiger partial charge in [-0.15, -0.1) is 0 Å². The Labute approximate surface area is 159 Å².